The van der Waals surface area contributed by atoms with E-state index in [9.17, 15) is 18.4 Å². The minimum Gasteiger partial charge on any atom is -0.363 e. The van der Waals surface area contributed by atoms with Crippen LogP contribution >= 0.6 is 12.4 Å². The molecular formula is C30H33ClF2N6O2. The summed E-state index contributed by atoms with van der Waals surface area (Å²) in [4.78, 5) is 39.9. The molecule has 0 fully saturated rings. The van der Waals surface area contributed by atoms with E-state index in [4.69, 9.17) is 0 Å². The average Bonchev–Trinajstić information content (AvgIpc) is 3.23. The molecule has 2 heterocycles. The van der Waals surface area contributed by atoms with E-state index in [0.29, 0.717) is 34.9 Å². The van der Waals surface area contributed by atoms with Crippen LogP contribution in [0.4, 0.5) is 26.0 Å². The summed E-state index contributed by atoms with van der Waals surface area (Å²) in [5, 5.41) is 4.22. The molecule has 1 atom stereocenters. The largest absolute Gasteiger partial charge is 0.363 e. The summed E-state index contributed by atoms with van der Waals surface area (Å²) in [5.74, 6) is -1.78. The fourth-order valence-electron chi connectivity index (χ4n) is 5.20. The Hall–Kier alpha value is -4.05. The smallest absolute Gasteiger partial charge is 0.273 e. The van der Waals surface area contributed by atoms with Gasteiger partial charge in [-0.05, 0) is 55.7 Å². The maximum Gasteiger partial charge on any atom is 0.273 e. The van der Waals surface area contributed by atoms with Gasteiger partial charge in [-0.3, -0.25) is 9.59 Å². The van der Waals surface area contributed by atoms with Crippen molar-refractivity contribution in [1.82, 2.24) is 19.9 Å². The first-order valence-electron chi connectivity index (χ1n) is 13.1. The van der Waals surface area contributed by atoms with Gasteiger partial charge in [-0.25, -0.2) is 18.7 Å². The number of nitrogens with one attached hydrogen (secondary N) is 2. The first-order valence-corrected chi connectivity index (χ1v) is 13.1. The maximum atomic E-state index is 14.4. The minimum absolute atomic E-state index is 0. The molecule has 8 nitrogen and oxygen atoms in total. The molecule has 2 aromatic carbocycles. The van der Waals surface area contributed by atoms with Crippen molar-refractivity contribution in [3.05, 3.63) is 87.1 Å². The van der Waals surface area contributed by atoms with Crippen LogP contribution in [0.5, 0.6) is 0 Å². The Labute approximate surface area is 243 Å². The van der Waals surface area contributed by atoms with E-state index in [-0.39, 0.29) is 48.3 Å². The molecule has 0 saturated heterocycles. The lowest BCUT2D eigenvalue weighted by molar-refractivity contribution is -0.127. The van der Waals surface area contributed by atoms with E-state index in [0.717, 1.165) is 22.2 Å². The summed E-state index contributed by atoms with van der Waals surface area (Å²) in [6, 6.07) is 12.3. The summed E-state index contributed by atoms with van der Waals surface area (Å²) in [6.45, 7) is 3.76. The fraction of sp³-hybridized carbons (Fsp3) is 0.333. The Morgan fingerprint density at radius 2 is 1.88 bits per heavy atom. The second-order valence-electron chi connectivity index (χ2n) is 10.5. The number of rotatable bonds is 7. The first-order chi connectivity index (χ1) is 18.9. The van der Waals surface area contributed by atoms with Gasteiger partial charge in [0.15, 0.2) is 0 Å². The number of amides is 1. The number of fused-ring (bicyclic) bond motifs is 2. The normalized spacial score (nSPS) is 14.2. The van der Waals surface area contributed by atoms with Gasteiger partial charge < -0.3 is 20.1 Å². The highest BCUT2D eigenvalue weighted by Crippen LogP contribution is 2.44. The van der Waals surface area contributed by atoms with E-state index in [1.165, 1.54) is 11.0 Å². The van der Waals surface area contributed by atoms with Crippen LogP contribution in [0.2, 0.25) is 0 Å². The predicted molar refractivity (Wildman–Crippen MR) is 160 cm³/mol. The number of hydrogen-bond donors (Lipinski definition) is 2. The van der Waals surface area contributed by atoms with Crippen LogP contribution in [0.25, 0.3) is 10.9 Å². The van der Waals surface area contributed by atoms with Crippen LogP contribution in [-0.4, -0.2) is 46.9 Å². The van der Waals surface area contributed by atoms with E-state index >= 15 is 0 Å². The van der Waals surface area contributed by atoms with Crippen LogP contribution in [-0.2, 0) is 23.6 Å². The molecule has 1 aliphatic carbocycles. The minimum atomic E-state index is -2.80. The Kier molecular flexibility index (Phi) is 8.35. The molecule has 2 N–H and O–H groups in total. The molecular weight excluding hydrogens is 550 g/mol. The quantitative estimate of drug-likeness (QED) is 0.292. The predicted octanol–water partition coefficient (Wildman–Crippen LogP) is 5.66. The molecule has 41 heavy (non-hydrogen) atoms. The molecule has 4 aromatic rings. The number of carbonyl (C=O) groups excluding carboxylic acids is 1. The van der Waals surface area contributed by atoms with E-state index in [1.807, 2.05) is 50.1 Å². The second-order valence-corrected chi connectivity index (χ2v) is 10.5. The van der Waals surface area contributed by atoms with Gasteiger partial charge in [0, 0.05) is 56.0 Å². The molecule has 5 rings (SSSR count). The number of likely N-dealkylation sites (N-methyl/N-ethyl adjacent to an activating group) is 1. The zero-order valence-corrected chi connectivity index (χ0v) is 24.4. The van der Waals surface area contributed by atoms with Crippen molar-refractivity contribution in [1.29, 1.82) is 0 Å². The highest BCUT2D eigenvalue weighted by molar-refractivity contribution is 5.92. The Balaban J connectivity index is 0.00000387. The van der Waals surface area contributed by atoms with E-state index in [2.05, 4.69) is 20.3 Å². The van der Waals surface area contributed by atoms with Gasteiger partial charge in [0.2, 0.25) is 5.91 Å². The Bertz CT molecular complexity index is 1670. The molecule has 0 saturated carbocycles. The first kappa shape index (κ1) is 29.9. The molecule has 0 radical (unpaired) electrons. The number of H-pyrrole nitrogens is 1. The van der Waals surface area contributed by atoms with Crippen molar-refractivity contribution in [2.45, 2.75) is 45.1 Å². The number of aromatic nitrogens is 3. The molecule has 216 valence electrons. The third kappa shape index (κ3) is 5.88. The standard InChI is InChI=1S/C30H32F2N6O2.ClH/c1-17(22-7-6-8-25-23(22)11-12-30(25,31)32)34-28-24-15-20(9-10-26(24)35-18(2)36-28)38(5)21-13-19(29(40)33-16-21)14-27(39)37(3)4;/h6-10,13,15-17H,11-12,14H2,1-5H3,(H,33,40)(H,34,35,36);1H/t17-;/m1./s1. The van der Waals surface area contributed by atoms with Crippen LogP contribution in [0.15, 0.2) is 53.5 Å². The van der Waals surface area contributed by atoms with Crippen molar-refractivity contribution in [2.24, 2.45) is 0 Å². The topological polar surface area (TPSA) is 94.2 Å². The third-order valence-electron chi connectivity index (χ3n) is 7.49. The van der Waals surface area contributed by atoms with E-state index < -0.39 is 5.92 Å². The van der Waals surface area contributed by atoms with Crippen molar-refractivity contribution in [3.63, 3.8) is 0 Å². The van der Waals surface area contributed by atoms with Gasteiger partial charge >= 0.3 is 0 Å². The number of benzene rings is 2. The zero-order chi connectivity index (χ0) is 28.8. The third-order valence-corrected chi connectivity index (χ3v) is 7.49. The lowest BCUT2D eigenvalue weighted by Crippen LogP contribution is -2.27. The summed E-state index contributed by atoms with van der Waals surface area (Å²) in [5.41, 5.74) is 3.97. The van der Waals surface area contributed by atoms with E-state index in [1.54, 1.807) is 32.4 Å². The number of aryl methyl sites for hydroxylation is 1. The summed E-state index contributed by atoms with van der Waals surface area (Å²) >= 11 is 0. The summed E-state index contributed by atoms with van der Waals surface area (Å²) < 4.78 is 28.8. The maximum absolute atomic E-state index is 14.4. The summed E-state index contributed by atoms with van der Waals surface area (Å²) in [6.07, 6.45) is 1.77. The number of anilines is 3. The van der Waals surface area contributed by atoms with Crippen LogP contribution in [0.1, 0.15) is 47.5 Å². The van der Waals surface area contributed by atoms with Crippen molar-refractivity contribution < 1.29 is 13.6 Å². The molecule has 0 bridgehead atoms. The summed E-state index contributed by atoms with van der Waals surface area (Å²) in [7, 11) is 5.17. The Morgan fingerprint density at radius 1 is 1.12 bits per heavy atom. The number of hydrogen-bond acceptors (Lipinski definition) is 6. The van der Waals surface area contributed by atoms with Crippen LogP contribution in [0.3, 0.4) is 0 Å². The molecule has 11 heteroatoms. The monoisotopic (exact) mass is 582 g/mol. The number of aromatic amines is 1. The van der Waals surface area contributed by atoms with Gasteiger partial charge in [0.05, 0.1) is 23.7 Å². The molecule has 0 spiro atoms. The van der Waals surface area contributed by atoms with Crippen LogP contribution in [0, 0.1) is 6.92 Å². The number of nitrogens with zero attached hydrogens (tertiary/aromatic N) is 4. The zero-order valence-electron chi connectivity index (χ0n) is 23.6. The van der Waals surface area contributed by atoms with Crippen molar-refractivity contribution in [2.75, 3.05) is 31.4 Å². The van der Waals surface area contributed by atoms with Gasteiger partial charge in [0.25, 0.3) is 11.5 Å². The number of alkyl halides is 2. The number of carbonyl (C=O) groups is 1. The van der Waals surface area contributed by atoms with Crippen molar-refractivity contribution >= 4 is 46.4 Å². The van der Waals surface area contributed by atoms with Gasteiger partial charge in [0.1, 0.15) is 11.6 Å². The molecule has 0 unspecified atom stereocenters. The van der Waals surface area contributed by atoms with Crippen LogP contribution < -0.4 is 15.8 Å². The van der Waals surface area contributed by atoms with Gasteiger partial charge in [-0.1, -0.05) is 18.2 Å². The van der Waals surface area contributed by atoms with Gasteiger partial charge in [-0.2, -0.15) is 0 Å². The number of pyridine rings is 1. The lowest BCUT2D eigenvalue weighted by Gasteiger charge is -2.22. The van der Waals surface area contributed by atoms with Gasteiger partial charge in [-0.15, -0.1) is 12.4 Å². The highest BCUT2D eigenvalue weighted by atomic mass is 35.5. The highest BCUT2D eigenvalue weighted by Gasteiger charge is 2.40. The SMILES string of the molecule is Cc1nc(N[C@H](C)c2cccc3c2CCC3(F)F)c2cc(N(C)c3c[nH]c(=O)c(CC(=O)N(C)C)c3)ccc2n1.Cl. The number of halogens is 3. The fourth-order valence-corrected chi connectivity index (χ4v) is 5.20. The van der Waals surface area contributed by atoms with Crippen molar-refractivity contribution in [3.8, 4) is 0 Å². The molecule has 1 amide bonds. The lowest BCUT2D eigenvalue weighted by atomic mass is 9.97. The second kappa shape index (κ2) is 11.4. The molecule has 2 aromatic heterocycles. The average molecular weight is 583 g/mol. The molecule has 0 aliphatic heterocycles. The molecule has 1 aliphatic rings. The Morgan fingerprint density at radius 3 is 2.61 bits per heavy atom.